The number of aliphatic hydroxyl groups is 2. The van der Waals surface area contributed by atoms with E-state index in [0.29, 0.717) is 42.9 Å². The molecule has 2 spiro atoms. The molecular formula is C45H64O6. The summed E-state index contributed by atoms with van der Waals surface area (Å²) in [7, 11) is 0. The van der Waals surface area contributed by atoms with Crippen LogP contribution >= 0.6 is 0 Å². The van der Waals surface area contributed by atoms with Gasteiger partial charge in [-0.05, 0) is 123 Å². The van der Waals surface area contributed by atoms with Crippen molar-refractivity contribution in [2.24, 2.45) is 45.3 Å². The molecule has 0 saturated heterocycles. The van der Waals surface area contributed by atoms with Crippen molar-refractivity contribution < 1.29 is 29.3 Å². The van der Waals surface area contributed by atoms with Crippen LogP contribution < -0.4 is 0 Å². The molecule has 1 aromatic rings. The lowest BCUT2D eigenvalue weighted by atomic mass is 9.32. The topological polar surface area (TPSA) is 93.1 Å². The second kappa shape index (κ2) is 14.1. The number of aryl methyl sites for hydroxylation is 1. The lowest BCUT2D eigenvalue weighted by molar-refractivity contribution is -0.331. The van der Waals surface area contributed by atoms with E-state index in [1.165, 1.54) is 57.4 Å². The van der Waals surface area contributed by atoms with Crippen LogP contribution in [0.3, 0.4) is 0 Å². The summed E-state index contributed by atoms with van der Waals surface area (Å²) in [6, 6.07) is 10.7. The molecule has 280 valence electrons. The van der Waals surface area contributed by atoms with E-state index in [4.69, 9.17) is 9.47 Å². The van der Waals surface area contributed by atoms with E-state index in [2.05, 4.69) is 63.3 Å². The molecule has 0 amide bonds. The maximum absolute atomic E-state index is 13.8. The summed E-state index contributed by atoms with van der Waals surface area (Å²) in [5, 5.41) is 26.6. The van der Waals surface area contributed by atoms with Crippen molar-refractivity contribution in [3.63, 3.8) is 0 Å². The first-order valence-corrected chi connectivity index (χ1v) is 20.5. The summed E-state index contributed by atoms with van der Waals surface area (Å²) in [6.07, 6.45) is 22.2. The van der Waals surface area contributed by atoms with Gasteiger partial charge in [0.25, 0.3) is 0 Å². The molecule has 0 radical (unpaired) electrons. The van der Waals surface area contributed by atoms with Crippen LogP contribution in [0, 0.1) is 45.3 Å². The highest BCUT2D eigenvalue weighted by Crippen LogP contribution is 2.75. The van der Waals surface area contributed by atoms with E-state index < -0.39 is 22.5 Å². The minimum atomic E-state index is -1.27. The van der Waals surface area contributed by atoms with Gasteiger partial charge < -0.3 is 19.7 Å². The van der Waals surface area contributed by atoms with Gasteiger partial charge in [-0.15, -0.1) is 0 Å². The van der Waals surface area contributed by atoms with Crippen LogP contribution in [0.15, 0.2) is 54.1 Å². The standard InChI is InChI=1S/C45H64O6/c1-31(11-10-14-33-12-6-5-7-13-33)15-16-35-18-23-41(3)29-37(51-32(2)46)40-42(4,36-19-25-43(28-36)21-8-9-22-43)24-20-38(47)45(35,40)44(41,49)26-17-34-27-39(48)50-30-34/h5-7,12-13,18,23,27,31,35-38,40,47,49H,8-11,14-17,19-22,24-26,28-30H2,1-4H3/t31-,35-,36-,37-,38-,40?,41-,42+,44-,45+/m1/s1. The van der Waals surface area contributed by atoms with Crippen molar-refractivity contribution in [3.05, 3.63) is 59.7 Å². The number of carbonyl (C=O) groups excluding carboxylic acids is 2. The van der Waals surface area contributed by atoms with Gasteiger partial charge in [0.2, 0.25) is 0 Å². The summed E-state index contributed by atoms with van der Waals surface area (Å²) in [6.45, 7) is 8.74. The second-order valence-electron chi connectivity index (χ2n) is 18.7. The molecule has 5 aliphatic carbocycles. The van der Waals surface area contributed by atoms with Crippen LogP contribution in [-0.4, -0.2) is 46.6 Å². The molecule has 2 N–H and O–H groups in total. The minimum Gasteiger partial charge on any atom is -0.462 e. The Balaban J connectivity index is 1.26. The van der Waals surface area contributed by atoms with Crippen LogP contribution in [0.25, 0.3) is 0 Å². The second-order valence-corrected chi connectivity index (χ2v) is 18.7. The number of fused-ring (bicyclic) bond motifs is 1. The van der Waals surface area contributed by atoms with Crippen molar-refractivity contribution in [2.45, 2.75) is 155 Å². The van der Waals surface area contributed by atoms with Crippen molar-refractivity contribution in [1.82, 2.24) is 0 Å². The predicted octanol–water partition coefficient (Wildman–Crippen LogP) is 9.07. The van der Waals surface area contributed by atoms with Crippen molar-refractivity contribution in [2.75, 3.05) is 6.61 Å². The number of carbonyl (C=O) groups is 2. The number of hydrogen-bond donors (Lipinski definition) is 2. The maximum Gasteiger partial charge on any atom is 0.331 e. The highest BCUT2D eigenvalue weighted by Gasteiger charge is 2.78. The van der Waals surface area contributed by atoms with Crippen molar-refractivity contribution in [3.8, 4) is 0 Å². The largest absolute Gasteiger partial charge is 0.462 e. The summed E-state index contributed by atoms with van der Waals surface area (Å²) < 4.78 is 11.8. The molecule has 0 aromatic heterocycles. The van der Waals surface area contributed by atoms with Crippen molar-refractivity contribution in [1.29, 1.82) is 0 Å². The Morgan fingerprint density at radius 3 is 2.49 bits per heavy atom. The molecule has 6 aliphatic rings. The molecule has 1 heterocycles. The van der Waals surface area contributed by atoms with Gasteiger partial charge in [0.1, 0.15) is 12.7 Å². The molecule has 4 saturated carbocycles. The normalized spacial score (nSPS) is 40.2. The van der Waals surface area contributed by atoms with Crippen LogP contribution in [0.4, 0.5) is 0 Å². The average molecular weight is 701 g/mol. The summed E-state index contributed by atoms with van der Waals surface area (Å²) in [5.74, 6) is 0.122. The van der Waals surface area contributed by atoms with E-state index in [9.17, 15) is 19.8 Å². The van der Waals surface area contributed by atoms with Crippen molar-refractivity contribution >= 4 is 11.9 Å². The Kier molecular flexibility index (Phi) is 10.2. The fourth-order valence-corrected chi connectivity index (χ4v) is 13.3. The summed E-state index contributed by atoms with van der Waals surface area (Å²) in [5.41, 5.74) is -0.370. The first-order chi connectivity index (χ1) is 24.3. The zero-order valence-corrected chi connectivity index (χ0v) is 31.8. The van der Waals surface area contributed by atoms with Crippen LogP contribution in [-0.2, 0) is 25.5 Å². The quantitative estimate of drug-likeness (QED) is 0.167. The monoisotopic (exact) mass is 700 g/mol. The molecular weight excluding hydrogens is 636 g/mol. The molecule has 1 aromatic carbocycles. The summed E-state index contributed by atoms with van der Waals surface area (Å²) >= 11 is 0. The number of aliphatic hydroxyl groups excluding tert-OH is 1. The number of rotatable bonds is 12. The Hall–Kier alpha value is -2.44. The molecule has 1 unspecified atom stereocenters. The number of cyclic esters (lactones) is 1. The minimum absolute atomic E-state index is 0.0672. The highest BCUT2D eigenvalue weighted by molar-refractivity contribution is 5.85. The van der Waals surface area contributed by atoms with Gasteiger partial charge in [0.15, 0.2) is 0 Å². The molecule has 51 heavy (non-hydrogen) atoms. The fraction of sp³-hybridized carbons (Fsp3) is 0.733. The zero-order chi connectivity index (χ0) is 36.1. The number of esters is 2. The highest BCUT2D eigenvalue weighted by atomic mass is 16.5. The fourth-order valence-electron chi connectivity index (χ4n) is 13.3. The van der Waals surface area contributed by atoms with Crippen LogP contribution in [0.5, 0.6) is 0 Å². The van der Waals surface area contributed by atoms with Gasteiger partial charge in [-0.3, -0.25) is 4.79 Å². The van der Waals surface area contributed by atoms with E-state index in [0.717, 1.165) is 44.1 Å². The Morgan fingerprint density at radius 1 is 1.02 bits per heavy atom. The molecule has 6 nitrogen and oxygen atoms in total. The number of allylic oxidation sites excluding steroid dienone is 1. The SMILES string of the molecule is CC(=O)O[C@@H]1C[C@@]2(C)C=C[C@@H](CC[C@H](C)CCCc3ccccc3)[C@]3(C1[C@](C)([C@@H]1CCC4(CCCC4)C1)CC[C@H]3O)[C@@]2(O)CCC1=CC(=O)OC1. The molecule has 10 atom stereocenters. The third-order valence-corrected chi connectivity index (χ3v) is 15.8. The van der Waals surface area contributed by atoms with E-state index in [1.54, 1.807) is 6.08 Å². The first-order valence-electron chi connectivity index (χ1n) is 20.5. The predicted molar refractivity (Wildman–Crippen MR) is 199 cm³/mol. The van der Waals surface area contributed by atoms with E-state index in [-0.39, 0.29) is 41.9 Å². The zero-order valence-electron chi connectivity index (χ0n) is 31.8. The van der Waals surface area contributed by atoms with Gasteiger partial charge >= 0.3 is 11.9 Å². The van der Waals surface area contributed by atoms with Gasteiger partial charge in [-0.2, -0.15) is 0 Å². The number of ether oxygens (including phenoxy) is 2. The van der Waals surface area contributed by atoms with Gasteiger partial charge in [-0.1, -0.05) is 88.9 Å². The van der Waals surface area contributed by atoms with Gasteiger partial charge in [0.05, 0.1) is 11.7 Å². The number of hydrogen-bond acceptors (Lipinski definition) is 6. The molecule has 7 rings (SSSR count). The molecule has 1 aliphatic heterocycles. The lowest BCUT2D eigenvalue weighted by Gasteiger charge is -2.74. The average Bonchev–Trinajstić information content (AvgIpc) is 3.85. The molecule has 6 heteroatoms. The Bertz CT molecular complexity index is 1490. The van der Waals surface area contributed by atoms with Crippen LogP contribution in [0.1, 0.15) is 136 Å². The summed E-state index contributed by atoms with van der Waals surface area (Å²) in [4.78, 5) is 25.1. The third kappa shape index (κ3) is 6.36. The number of benzene rings is 1. The molecule has 2 bridgehead atoms. The van der Waals surface area contributed by atoms with E-state index >= 15 is 0 Å². The first kappa shape index (κ1) is 36.9. The Morgan fingerprint density at radius 2 is 1.78 bits per heavy atom. The Labute approximate surface area is 306 Å². The van der Waals surface area contributed by atoms with Crippen LogP contribution in [0.2, 0.25) is 0 Å². The van der Waals surface area contributed by atoms with E-state index in [1.807, 2.05) is 0 Å². The molecule has 4 fully saturated rings. The lowest BCUT2D eigenvalue weighted by Crippen LogP contribution is -2.79. The third-order valence-electron chi connectivity index (χ3n) is 15.8. The smallest absolute Gasteiger partial charge is 0.331 e. The van der Waals surface area contributed by atoms with Gasteiger partial charge in [-0.25, -0.2) is 4.79 Å². The van der Waals surface area contributed by atoms with Gasteiger partial charge in [0, 0.05) is 29.7 Å². The maximum atomic E-state index is 13.8.